The number of amides is 2. The van der Waals surface area contributed by atoms with Crippen molar-refractivity contribution in [1.82, 2.24) is 14.7 Å². The Hall–Kier alpha value is -4.78. The number of hydrogen-bond donors (Lipinski definition) is 3. The minimum absolute atomic E-state index is 0.126. The van der Waals surface area contributed by atoms with Crippen LogP contribution in [0.3, 0.4) is 0 Å². The zero-order valence-electron chi connectivity index (χ0n) is 22.1. The fourth-order valence-electron chi connectivity index (χ4n) is 4.10. The van der Waals surface area contributed by atoms with E-state index >= 15 is 0 Å². The predicted octanol–water partition coefficient (Wildman–Crippen LogP) is -0.575. The highest BCUT2D eigenvalue weighted by molar-refractivity contribution is 6.26. The second-order valence-electron chi connectivity index (χ2n) is 8.96. The lowest BCUT2D eigenvalue weighted by atomic mass is 10.1. The first-order chi connectivity index (χ1) is 19.0. The smallest absolute Gasteiger partial charge is 0.351 e. The van der Waals surface area contributed by atoms with Crippen LogP contribution < -0.4 is 20.1 Å². The maximum Gasteiger partial charge on any atom is 0.351 e. The molecule has 1 aromatic heterocycles. The zero-order valence-corrected chi connectivity index (χ0v) is 22.1. The number of carboxylic acids is 2. The molecule has 12 nitrogen and oxygen atoms in total. The number of aryl methyl sites for hydroxylation is 1. The lowest BCUT2D eigenvalue weighted by Gasteiger charge is -2.31. The van der Waals surface area contributed by atoms with Crippen LogP contribution in [0.4, 0.5) is 10.1 Å². The van der Waals surface area contributed by atoms with E-state index in [4.69, 9.17) is 24.5 Å². The number of rotatable bonds is 7. The largest absolute Gasteiger partial charge is 0.539 e. The maximum absolute atomic E-state index is 13.5. The number of ether oxygens (including phenoxy) is 1. The van der Waals surface area contributed by atoms with E-state index in [0.717, 1.165) is 44.0 Å². The molecule has 0 spiro atoms. The highest BCUT2D eigenvalue weighted by Gasteiger charge is 2.21. The van der Waals surface area contributed by atoms with E-state index in [-0.39, 0.29) is 11.5 Å². The molecule has 0 unspecified atom stereocenters. The van der Waals surface area contributed by atoms with Crippen LogP contribution in [0.5, 0.6) is 5.75 Å². The van der Waals surface area contributed by atoms with Crippen molar-refractivity contribution in [3.8, 4) is 17.0 Å². The summed E-state index contributed by atoms with van der Waals surface area (Å²) in [5.41, 5.74) is 2.46. The number of quaternary nitrogens is 1. The Kier molecular flexibility index (Phi) is 10.3. The zero-order chi connectivity index (χ0) is 29.2. The molecule has 0 aliphatic carbocycles. The van der Waals surface area contributed by atoms with Crippen LogP contribution in [0, 0.1) is 5.82 Å². The molecule has 1 aliphatic heterocycles. The number of anilines is 1. The first-order valence-corrected chi connectivity index (χ1v) is 12.4. The summed E-state index contributed by atoms with van der Waals surface area (Å²) in [5, 5.41) is 23.4. The van der Waals surface area contributed by atoms with Crippen molar-refractivity contribution < 1.29 is 43.4 Å². The second-order valence-corrected chi connectivity index (χ2v) is 8.96. The van der Waals surface area contributed by atoms with E-state index in [2.05, 4.69) is 10.4 Å². The molecule has 4 rings (SSSR count). The van der Waals surface area contributed by atoms with Gasteiger partial charge in [-0.25, -0.2) is 9.18 Å². The molecule has 2 amide bonds. The molecular formula is C27H30FN5O7. The molecule has 40 heavy (non-hydrogen) atoms. The van der Waals surface area contributed by atoms with Crippen molar-refractivity contribution in [2.75, 3.05) is 44.6 Å². The standard InChI is InChI=1S/C25H28FN5O3.C2H2O4/c1-18(32)31-12-10-30(11-13-31)14-15-34-24-7-6-21(17-22(24)23-8-9-27-29(23)2)28-25(33)19-4-3-5-20(26)16-19;3-1(4)2(5)6/h3-9,16-17H,10-15H2,1-2H3,(H,28,33);(H,3,4)(H,5,6). The molecule has 1 aliphatic rings. The van der Waals surface area contributed by atoms with Crippen molar-refractivity contribution in [2.24, 2.45) is 7.05 Å². The van der Waals surface area contributed by atoms with Gasteiger partial charge in [0.05, 0.1) is 31.9 Å². The third kappa shape index (κ3) is 8.36. The summed E-state index contributed by atoms with van der Waals surface area (Å²) in [6, 6.07) is 12.9. The van der Waals surface area contributed by atoms with Gasteiger partial charge in [0.15, 0.2) is 5.97 Å². The number of halogens is 1. The first-order valence-electron chi connectivity index (χ1n) is 12.4. The molecule has 13 heteroatoms. The molecule has 0 atom stereocenters. The Morgan fingerprint density at radius 3 is 2.40 bits per heavy atom. The van der Waals surface area contributed by atoms with Gasteiger partial charge in [0.25, 0.3) is 5.91 Å². The molecule has 2 heterocycles. The number of nitrogens with one attached hydrogen (secondary N) is 2. The number of benzene rings is 2. The normalized spacial score (nSPS) is 13.1. The Labute approximate surface area is 229 Å². The van der Waals surface area contributed by atoms with Gasteiger partial charge in [0.1, 0.15) is 24.7 Å². The summed E-state index contributed by atoms with van der Waals surface area (Å²) < 4.78 is 21.4. The van der Waals surface area contributed by atoms with Gasteiger partial charge in [-0.05, 0) is 42.5 Å². The van der Waals surface area contributed by atoms with Gasteiger partial charge < -0.3 is 34.9 Å². The fraction of sp³-hybridized carbons (Fsp3) is 0.296. The molecule has 3 aromatic rings. The Bertz CT molecular complexity index is 1360. The lowest BCUT2D eigenvalue weighted by molar-refractivity contribution is -0.904. The van der Waals surface area contributed by atoms with Gasteiger partial charge in [0, 0.05) is 37.0 Å². The molecule has 0 radical (unpaired) electrons. The van der Waals surface area contributed by atoms with Gasteiger partial charge >= 0.3 is 5.97 Å². The number of piperazine rings is 1. The molecule has 212 valence electrons. The molecule has 1 saturated heterocycles. The van der Waals surface area contributed by atoms with E-state index < -0.39 is 23.7 Å². The Morgan fingerprint density at radius 2 is 1.82 bits per heavy atom. The van der Waals surface area contributed by atoms with Crippen molar-refractivity contribution in [3.05, 3.63) is 66.1 Å². The topological polar surface area (TPSA) is 158 Å². The quantitative estimate of drug-likeness (QED) is 0.327. The van der Waals surface area contributed by atoms with E-state index in [0.29, 0.717) is 18.0 Å². The highest BCUT2D eigenvalue weighted by atomic mass is 19.1. The molecular weight excluding hydrogens is 525 g/mol. The van der Waals surface area contributed by atoms with Crippen LogP contribution >= 0.6 is 0 Å². The lowest BCUT2D eigenvalue weighted by Crippen LogP contribution is -3.15. The monoisotopic (exact) mass is 555 g/mol. The number of nitrogens with zero attached hydrogens (tertiary/aromatic N) is 3. The summed E-state index contributed by atoms with van der Waals surface area (Å²) in [6.45, 7) is 6.31. The summed E-state index contributed by atoms with van der Waals surface area (Å²) in [5.74, 6) is -4.05. The maximum atomic E-state index is 13.5. The Balaban J connectivity index is 0.000000663. The van der Waals surface area contributed by atoms with Gasteiger partial charge in [0.2, 0.25) is 5.91 Å². The van der Waals surface area contributed by atoms with Crippen LogP contribution in [0.25, 0.3) is 11.3 Å². The molecule has 2 aromatic carbocycles. The minimum atomic E-state index is -2.07. The number of carboxylic acid groups (broad SMARTS) is 2. The summed E-state index contributed by atoms with van der Waals surface area (Å²) in [6.07, 6.45) is 1.70. The van der Waals surface area contributed by atoms with Crippen molar-refractivity contribution in [2.45, 2.75) is 6.92 Å². The molecule has 0 bridgehead atoms. The Morgan fingerprint density at radius 1 is 1.12 bits per heavy atom. The number of hydrogen-bond acceptors (Lipinski definition) is 7. The molecule has 1 fully saturated rings. The average molecular weight is 556 g/mol. The van der Waals surface area contributed by atoms with Gasteiger partial charge in [-0.3, -0.25) is 14.3 Å². The van der Waals surface area contributed by atoms with Gasteiger partial charge in [-0.1, -0.05) is 6.07 Å². The minimum Gasteiger partial charge on any atom is -0.539 e. The number of aliphatic carboxylic acids is 2. The summed E-state index contributed by atoms with van der Waals surface area (Å²) in [7, 11) is 1.84. The highest BCUT2D eigenvalue weighted by Crippen LogP contribution is 2.32. The van der Waals surface area contributed by atoms with E-state index in [1.807, 2.05) is 30.1 Å². The van der Waals surface area contributed by atoms with E-state index in [1.54, 1.807) is 29.9 Å². The SMILES string of the molecule is CC(=O)N1CC[NH+](CCOc2ccc(NC(=O)c3cccc(F)c3)cc2-c2ccnn2C)CC1.O=C([O-])C(=O)O. The van der Waals surface area contributed by atoms with Gasteiger partial charge in [-0.2, -0.15) is 5.10 Å². The van der Waals surface area contributed by atoms with Crippen LogP contribution in [-0.2, 0) is 21.4 Å². The number of aromatic nitrogens is 2. The summed E-state index contributed by atoms with van der Waals surface area (Å²) in [4.78, 5) is 45.4. The third-order valence-corrected chi connectivity index (χ3v) is 6.22. The van der Waals surface area contributed by atoms with Crippen molar-refractivity contribution in [1.29, 1.82) is 0 Å². The first kappa shape index (κ1) is 29.8. The van der Waals surface area contributed by atoms with Crippen LogP contribution in [0.1, 0.15) is 17.3 Å². The fourth-order valence-corrected chi connectivity index (χ4v) is 4.10. The van der Waals surface area contributed by atoms with E-state index in [1.165, 1.54) is 23.1 Å². The number of carbonyl (C=O) groups excluding carboxylic acids is 3. The molecule has 3 N–H and O–H groups in total. The van der Waals surface area contributed by atoms with Crippen LogP contribution in [-0.4, -0.2) is 82.9 Å². The van der Waals surface area contributed by atoms with Crippen LogP contribution in [0.15, 0.2) is 54.7 Å². The predicted molar refractivity (Wildman–Crippen MR) is 139 cm³/mol. The number of carbonyl (C=O) groups is 4. The second kappa shape index (κ2) is 13.8. The molecule has 0 saturated carbocycles. The average Bonchev–Trinajstić information content (AvgIpc) is 3.35. The van der Waals surface area contributed by atoms with Gasteiger partial charge in [-0.15, -0.1) is 0 Å². The third-order valence-electron chi connectivity index (χ3n) is 6.22. The summed E-state index contributed by atoms with van der Waals surface area (Å²) >= 11 is 0. The van der Waals surface area contributed by atoms with Crippen molar-refractivity contribution in [3.63, 3.8) is 0 Å². The van der Waals surface area contributed by atoms with Crippen molar-refractivity contribution >= 4 is 29.4 Å². The van der Waals surface area contributed by atoms with E-state index in [9.17, 15) is 14.0 Å². The van der Waals surface area contributed by atoms with Crippen LogP contribution in [0.2, 0.25) is 0 Å².